The lowest BCUT2D eigenvalue weighted by Crippen LogP contribution is -2.43. The summed E-state index contributed by atoms with van der Waals surface area (Å²) in [5, 5.41) is 9.25. The Morgan fingerprint density at radius 3 is 2.29 bits per heavy atom. The second-order valence-corrected chi connectivity index (χ2v) is 5.21. The first-order valence-corrected chi connectivity index (χ1v) is 6.85. The van der Waals surface area contributed by atoms with Gasteiger partial charge in [0.25, 0.3) is 0 Å². The lowest BCUT2D eigenvalue weighted by atomic mass is 10.1. The maximum atomic E-state index is 12.4. The molecule has 0 spiro atoms. The number of anilines is 1. The van der Waals surface area contributed by atoms with Crippen LogP contribution in [0.2, 0.25) is 0 Å². The van der Waals surface area contributed by atoms with E-state index in [2.05, 4.69) is 0 Å². The molecule has 3 N–H and O–H groups in total. The highest BCUT2D eigenvalue weighted by Gasteiger charge is 2.19. The van der Waals surface area contributed by atoms with Crippen LogP contribution in [0.1, 0.15) is 11.1 Å². The third-order valence-electron chi connectivity index (χ3n) is 3.46. The van der Waals surface area contributed by atoms with Gasteiger partial charge in [-0.05, 0) is 43.2 Å². The summed E-state index contributed by atoms with van der Waals surface area (Å²) in [4.78, 5) is 13.9. The van der Waals surface area contributed by atoms with Gasteiger partial charge >= 0.3 is 0 Å². The Morgan fingerprint density at radius 1 is 1.14 bits per heavy atom. The molecule has 0 heterocycles. The molecule has 0 aliphatic carbocycles. The Labute approximate surface area is 124 Å². The zero-order valence-corrected chi connectivity index (χ0v) is 12.3. The summed E-state index contributed by atoms with van der Waals surface area (Å²) >= 11 is 0. The molecule has 0 aliphatic heterocycles. The number of phenols is 1. The van der Waals surface area contributed by atoms with Gasteiger partial charge in [-0.1, -0.05) is 29.8 Å². The molecule has 21 heavy (non-hydrogen) atoms. The van der Waals surface area contributed by atoms with Crippen molar-refractivity contribution in [1.29, 1.82) is 0 Å². The molecule has 110 valence electrons. The van der Waals surface area contributed by atoms with Crippen LogP contribution in [-0.4, -0.2) is 24.1 Å². The monoisotopic (exact) mass is 284 g/mol. The fraction of sp³-hybridized carbons (Fsp3) is 0.235. The Balaban J connectivity index is 2.04. The summed E-state index contributed by atoms with van der Waals surface area (Å²) in [5.41, 5.74) is 8.90. The quantitative estimate of drug-likeness (QED) is 0.904. The largest absolute Gasteiger partial charge is 0.508 e. The van der Waals surface area contributed by atoms with Crippen LogP contribution in [0.4, 0.5) is 5.69 Å². The van der Waals surface area contributed by atoms with Crippen LogP contribution in [-0.2, 0) is 11.2 Å². The summed E-state index contributed by atoms with van der Waals surface area (Å²) in [6, 6.07) is 13.9. The fourth-order valence-corrected chi connectivity index (χ4v) is 2.12. The lowest BCUT2D eigenvalue weighted by molar-refractivity contribution is -0.119. The van der Waals surface area contributed by atoms with Crippen molar-refractivity contribution in [1.82, 2.24) is 0 Å². The number of amides is 1. The van der Waals surface area contributed by atoms with Crippen molar-refractivity contribution in [2.75, 3.05) is 11.9 Å². The van der Waals surface area contributed by atoms with Gasteiger partial charge in [0, 0.05) is 12.7 Å². The molecule has 0 unspecified atom stereocenters. The first kappa shape index (κ1) is 15.1. The Bertz CT molecular complexity index is 606. The summed E-state index contributed by atoms with van der Waals surface area (Å²) in [6.45, 7) is 2.00. The van der Waals surface area contributed by atoms with Crippen LogP contribution in [0.15, 0.2) is 48.5 Å². The summed E-state index contributed by atoms with van der Waals surface area (Å²) in [5.74, 6) is 0.0716. The zero-order chi connectivity index (χ0) is 15.4. The molecule has 0 fully saturated rings. The predicted molar refractivity (Wildman–Crippen MR) is 84.4 cm³/mol. The number of nitrogens with zero attached hydrogens (tertiary/aromatic N) is 1. The first-order chi connectivity index (χ1) is 9.97. The van der Waals surface area contributed by atoms with E-state index >= 15 is 0 Å². The van der Waals surface area contributed by atoms with Gasteiger partial charge in [-0.2, -0.15) is 0 Å². The van der Waals surface area contributed by atoms with E-state index < -0.39 is 6.04 Å². The van der Waals surface area contributed by atoms with Gasteiger partial charge in [-0.25, -0.2) is 0 Å². The molecule has 0 saturated heterocycles. The van der Waals surface area contributed by atoms with Gasteiger partial charge in [0.1, 0.15) is 5.75 Å². The predicted octanol–water partition coefficient (Wildman–Crippen LogP) is 2.23. The van der Waals surface area contributed by atoms with Crippen LogP contribution >= 0.6 is 0 Å². The third-order valence-corrected chi connectivity index (χ3v) is 3.46. The minimum absolute atomic E-state index is 0.132. The first-order valence-electron chi connectivity index (χ1n) is 6.85. The molecular formula is C17H20N2O2. The standard InChI is InChI=1S/C17H20N2O2/c1-12-3-7-14(8-4-12)19(2)17(21)16(18)11-13-5-9-15(20)10-6-13/h3-10,16,20H,11,18H2,1-2H3/t16-/m0/s1. The van der Waals surface area contributed by atoms with E-state index in [-0.39, 0.29) is 11.7 Å². The van der Waals surface area contributed by atoms with Crippen molar-refractivity contribution >= 4 is 11.6 Å². The number of benzene rings is 2. The third kappa shape index (κ3) is 3.83. The number of aromatic hydroxyl groups is 1. The normalized spacial score (nSPS) is 12.0. The van der Waals surface area contributed by atoms with Crippen molar-refractivity contribution in [3.8, 4) is 5.75 Å². The number of rotatable bonds is 4. The number of hydrogen-bond acceptors (Lipinski definition) is 3. The molecule has 0 bridgehead atoms. The van der Waals surface area contributed by atoms with Gasteiger partial charge in [-0.3, -0.25) is 4.79 Å². The minimum atomic E-state index is -0.610. The van der Waals surface area contributed by atoms with Crippen LogP contribution in [0.3, 0.4) is 0 Å². The molecule has 0 aromatic heterocycles. The topological polar surface area (TPSA) is 66.6 Å². The highest BCUT2D eigenvalue weighted by molar-refractivity contribution is 5.96. The highest BCUT2D eigenvalue weighted by atomic mass is 16.3. The number of carbonyl (C=O) groups excluding carboxylic acids is 1. The Morgan fingerprint density at radius 2 is 1.71 bits per heavy atom. The van der Waals surface area contributed by atoms with Crippen LogP contribution in [0.25, 0.3) is 0 Å². The minimum Gasteiger partial charge on any atom is -0.508 e. The maximum absolute atomic E-state index is 12.4. The number of carbonyl (C=O) groups is 1. The maximum Gasteiger partial charge on any atom is 0.243 e. The van der Waals surface area contributed by atoms with E-state index in [1.807, 2.05) is 31.2 Å². The van der Waals surface area contributed by atoms with Crippen LogP contribution in [0.5, 0.6) is 5.75 Å². The number of phenolic OH excluding ortho intramolecular Hbond substituents is 1. The lowest BCUT2D eigenvalue weighted by Gasteiger charge is -2.21. The second-order valence-electron chi connectivity index (χ2n) is 5.21. The average Bonchev–Trinajstić information content (AvgIpc) is 2.49. The Kier molecular flexibility index (Phi) is 4.60. The Hall–Kier alpha value is -2.33. The van der Waals surface area contributed by atoms with Crippen LogP contribution in [0, 0.1) is 6.92 Å². The molecular weight excluding hydrogens is 264 g/mol. The van der Waals surface area contributed by atoms with Crippen molar-refractivity contribution in [3.05, 3.63) is 59.7 Å². The van der Waals surface area contributed by atoms with Gasteiger partial charge in [0.2, 0.25) is 5.91 Å². The molecule has 2 aromatic rings. The zero-order valence-electron chi connectivity index (χ0n) is 12.3. The van der Waals surface area contributed by atoms with Crippen LogP contribution < -0.4 is 10.6 Å². The molecule has 2 aromatic carbocycles. The van der Waals surface area contributed by atoms with E-state index in [1.54, 1.807) is 36.2 Å². The number of likely N-dealkylation sites (N-methyl/N-ethyl adjacent to an activating group) is 1. The van der Waals surface area contributed by atoms with E-state index in [1.165, 1.54) is 0 Å². The summed E-state index contributed by atoms with van der Waals surface area (Å²) < 4.78 is 0. The number of nitrogens with two attached hydrogens (primary N) is 1. The average molecular weight is 284 g/mol. The van der Waals surface area contributed by atoms with E-state index in [9.17, 15) is 9.90 Å². The van der Waals surface area contributed by atoms with E-state index in [4.69, 9.17) is 5.73 Å². The molecule has 1 atom stereocenters. The summed E-state index contributed by atoms with van der Waals surface area (Å²) in [6.07, 6.45) is 0.440. The number of hydrogen-bond donors (Lipinski definition) is 2. The number of aryl methyl sites for hydroxylation is 1. The van der Waals surface area contributed by atoms with E-state index in [0.717, 1.165) is 16.8 Å². The molecule has 0 radical (unpaired) electrons. The van der Waals surface area contributed by atoms with Gasteiger partial charge in [0.05, 0.1) is 6.04 Å². The van der Waals surface area contributed by atoms with Crippen molar-refractivity contribution in [3.63, 3.8) is 0 Å². The van der Waals surface area contributed by atoms with E-state index in [0.29, 0.717) is 6.42 Å². The summed E-state index contributed by atoms with van der Waals surface area (Å²) in [7, 11) is 1.73. The van der Waals surface area contributed by atoms with Gasteiger partial charge in [-0.15, -0.1) is 0 Å². The smallest absolute Gasteiger partial charge is 0.243 e. The molecule has 0 saturated carbocycles. The SMILES string of the molecule is Cc1ccc(N(C)C(=O)[C@@H](N)Cc2ccc(O)cc2)cc1. The highest BCUT2D eigenvalue weighted by Crippen LogP contribution is 2.16. The van der Waals surface area contributed by atoms with Gasteiger partial charge < -0.3 is 15.7 Å². The fourth-order valence-electron chi connectivity index (χ4n) is 2.12. The van der Waals surface area contributed by atoms with Gasteiger partial charge in [0.15, 0.2) is 0 Å². The van der Waals surface area contributed by atoms with Crippen molar-refractivity contribution in [2.45, 2.75) is 19.4 Å². The molecule has 4 nitrogen and oxygen atoms in total. The molecule has 4 heteroatoms. The molecule has 0 aliphatic rings. The molecule has 1 amide bonds. The van der Waals surface area contributed by atoms with Crippen molar-refractivity contribution < 1.29 is 9.90 Å². The molecule has 2 rings (SSSR count). The second kappa shape index (κ2) is 6.41. The van der Waals surface area contributed by atoms with Crippen molar-refractivity contribution in [2.24, 2.45) is 5.73 Å².